The maximum atomic E-state index is 12.3. The topological polar surface area (TPSA) is 61.2 Å². The van der Waals surface area contributed by atoms with Crippen LogP contribution >= 0.6 is 15.9 Å². The highest BCUT2D eigenvalue weighted by atomic mass is 79.9. The fraction of sp³-hybridized carbons (Fsp3) is 0.292. The van der Waals surface area contributed by atoms with E-state index in [-0.39, 0.29) is 10.9 Å². The Hall–Kier alpha value is -2.22. The minimum Gasteiger partial charge on any atom is -0.381 e. The number of rotatable bonds is 4. The Kier molecular flexibility index (Phi) is 5.36. The van der Waals surface area contributed by atoms with Crippen LogP contribution in [0.25, 0.3) is 21.9 Å². The summed E-state index contributed by atoms with van der Waals surface area (Å²) in [5.74, 6) is 0.371. The summed E-state index contributed by atoms with van der Waals surface area (Å²) in [5.41, 5.74) is 3.92. The molecule has 0 saturated carbocycles. The van der Waals surface area contributed by atoms with Crippen molar-refractivity contribution in [2.75, 3.05) is 19.5 Å². The first-order valence-corrected chi connectivity index (χ1v) is 13.0. The summed E-state index contributed by atoms with van der Waals surface area (Å²) >= 11 is 3.62. The summed E-state index contributed by atoms with van der Waals surface area (Å²) in [7, 11) is -3.38. The minimum absolute atomic E-state index is 0.0519. The molecular formula is C24H23BrN2O3S. The monoisotopic (exact) mass is 498 g/mol. The molecule has 7 heteroatoms. The van der Waals surface area contributed by atoms with Crippen LogP contribution in [0.4, 0.5) is 0 Å². The highest BCUT2D eigenvalue weighted by molar-refractivity contribution is 9.10. The van der Waals surface area contributed by atoms with Gasteiger partial charge in [-0.15, -0.1) is 0 Å². The Morgan fingerprint density at radius 3 is 2.52 bits per heavy atom. The van der Waals surface area contributed by atoms with Crippen LogP contribution in [-0.4, -0.2) is 37.4 Å². The average molecular weight is 499 g/mol. The highest BCUT2D eigenvalue weighted by Crippen LogP contribution is 2.41. The van der Waals surface area contributed by atoms with Crippen molar-refractivity contribution >= 4 is 47.7 Å². The molecule has 2 aromatic carbocycles. The van der Waals surface area contributed by atoms with Gasteiger partial charge in [0.1, 0.15) is 0 Å². The van der Waals surface area contributed by atoms with E-state index in [2.05, 4.69) is 61.9 Å². The van der Waals surface area contributed by atoms with Crippen LogP contribution < -0.4 is 0 Å². The molecule has 1 fully saturated rings. The van der Waals surface area contributed by atoms with E-state index < -0.39 is 9.84 Å². The first kappa shape index (κ1) is 20.7. The van der Waals surface area contributed by atoms with E-state index in [0.717, 1.165) is 52.5 Å². The Labute approximate surface area is 190 Å². The zero-order valence-corrected chi connectivity index (χ0v) is 19.6. The largest absolute Gasteiger partial charge is 0.381 e. The second-order valence-corrected chi connectivity index (χ2v) is 11.1. The molecule has 1 atom stereocenters. The van der Waals surface area contributed by atoms with Gasteiger partial charge in [-0.3, -0.25) is 4.98 Å². The van der Waals surface area contributed by atoms with Gasteiger partial charge in [-0.2, -0.15) is 0 Å². The Morgan fingerprint density at radius 1 is 1.06 bits per heavy atom. The van der Waals surface area contributed by atoms with E-state index in [0.29, 0.717) is 5.92 Å². The molecule has 0 radical (unpaired) electrons. The molecule has 4 aromatic rings. The predicted molar refractivity (Wildman–Crippen MR) is 126 cm³/mol. The van der Waals surface area contributed by atoms with Crippen LogP contribution in [0.5, 0.6) is 0 Å². The fourth-order valence-electron chi connectivity index (χ4n) is 4.68. The number of sulfone groups is 1. The molecule has 0 unspecified atom stereocenters. The molecule has 3 heterocycles. The lowest BCUT2D eigenvalue weighted by molar-refractivity contribution is 0.0553. The van der Waals surface area contributed by atoms with Gasteiger partial charge in [0.15, 0.2) is 9.84 Å². The van der Waals surface area contributed by atoms with Crippen LogP contribution in [0.3, 0.4) is 0 Å². The average Bonchev–Trinajstić information content (AvgIpc) is 3.08. The van der Waals surface area contributed by atoms with Gasteiger partial charge in [0, 0.05) is 35.5 Å². The van der Waals surface area contributed by atoms with Crippen molar-refractivity contribution in [2.45, 2.75) is 23.8 Å². The molecule has 31 heavy (non-hydrogen) atoms. The molecule has 5 rings (SSSR count). The van der Waals surface area contributed by atoms with Crippen molar-refractivity contribution < 1.29 is 13.2 Å². The maximum absolute atomic E-state index is 12.3. The van der Waals surface area contributed by atoms with Crippen LogP contribution in [-0.2, 0) is 14.6 Å². The Balaban J connectivity index is 1.87. The van der Waals surface area contributed by atoms with E-state index in [4.69, 9.17) is 4.74 Å². The van der Waals surface area contributed by atoms with Crippen LogP contribution in [0.1, 0.15) is 24.4 Å². The Morgan fingerprint density at radius 2 is 1.81 bits per heavy atom. The number of hydrogen-bond acceptors (Lipinski definition) is 4. The molecule has 0 N–H and O–H groups in total. The SMILES string of the molecule is CS(=O)(=O)c1cnc2c3ccc(Br)cc3n([C@H](c3ccccc3)C3CCOCC3)c2c1. The van der Waals surface area contributed by atoms with Gasteiger partial charge >= 0.3 is 0 Å². The number of hydrogen-bond donors (Lipinski definition) is 0. The lowest BCUT2D eigenvalue weighted by atomic mass is 9.86. The fourth-order valence-corrected chi connectivity index (χ4v) is 5.60. The smallest absolute Gasteiger partial charge is 0.177 e. The Bertz CT molecular complexity index is 1360. The molecule has 0 amide bonds. The number of nitrogens with zero attached hydrogens (tertiary/aromatic N) is 2. The quantitative estimate of drug-likeness (QED) is 0.379. The van der Waals surface area contributed by atoms with E-state index in [9.17, 15) is 8.42 Å². The third-order valence-corrected chi connectivity index (χ3v) is 7.71. The van der Waals surface area contributed by atoms with Crippen molar-refractivity contribution in [3.05, 3.63) is 70.8 Å². The van der Waals surface area contributed by atoms with E-state index in [1.54, 1.807) is 6.07 Å². The second-order valence-electron chi connectivity index (χ2n) is 8.15. The van der Waals surface area contributed by atoms with Gasteiger partial charge in [-0.1, -0.05) is 46.3 Å². The summed E-state index contributed by atoms with van der Waals surface area (Å²) in [6.07, 6.45) is 4.60. The first-order valence-electron chi connectivity index (χ1n) is 10.4. The molecule has 1 aliphatic rings. The standard InChI is InChI=1S/C24H23BrN2O3S/c1-31(28,29)19-14-22-23(26-15-19)20-8-7-18(25)13-21(20)27(22)24(16-5-3-2-4-6-16)17-9-11-30-12-10-17/h2-8,13-15,17,24H,9-12H2,1H3/t24-/m1/s1. The molecule has 160 valence electrons. The van der Waals surface area contributed by atoms with Crippen molar-refractivity contribution in [1.82, 2.24) is 9.55 Å². The lowest BCUT2D eigenvalue weighted by Gasteiger charge is -2.33. The molecule has 0 aliphatic carbocycles. The van der Waals surface area contributed by atoms with Crippen LogP contribution in [0.15, 0.2) is 70.2 Å². The van der Waals surface area contributed by atoms with Gasteiger partial charge in [0.25, 0.3) is 0 Å². The molecular weight excluding hydrogens is 476 g/mol. The summed E-state index contributed by atoms with van der Waals surface area (Å²) in [6, 6.07) is 18.5. The van der Waals surface area contributed by atoms with Crippen molar-refractivity contribution in [3.8, 4) is 0 Å². The third kappa shape index (κ3) is 3.79. The van der Waals surface area contributed by atoms with Crippen molar-refractivity contribution in [1.29, 1.82) is 0 Å². The number of aromatic nitrogens is 2. The zero-order chi connectivity index (χ0) is 21.6. The summed E-state index contributed by atoms with van der Waals surface area (Å²) in [4.78, 5) is 4.85. The zero-order valence-electron chi connectivity index (χ0n) is 17.2. The summed E-state index contributed by atoms with van der Waals surface area (Å²) in [6.45, 7) is 1.48. The van der Waals surface area contributed by atoms with Gasteiger partial charge in [0.2, 0.25) is 0 Å². The molecule has 5 nitrogen and oxygen atoms in total. The highest BCUT2D eigenvalue weighted by Gasteiger charge is 2.30. The lowest BCUT2D eigenvalue weighted by Crippen LogP contribution is -2.26. The summed E-state index contributed by atoms with van der Waals surface area (Å²) in [5, 5.41) is 1.02. The van der Waals surface area contributed by atoms with Gasteiger partial charge in [0.05, 0.1) is 27.5 Å². The minimum atomic E-state index is -3.38. The second kappa shape index (κ2) is 8.04. The van der Waals surface area contributed by atoms with Crippen LogP contribution in [0, 0.1) is 5.92 Å². The maximum Gasteiger partial charge on any atom is 0.177 e. The van der Waals surface area contributed by atoms with Gasteiger partial charge in [-0.25, -0.2) is 8.42 Å². The number of halogens is 1. The third-order valence-electron chi connectivity index (χ3n) is 6.14. The van der Waals surface area contributed by atoms with Gasteiger partial charge < -0.3 is 9.30 Å². The molecule has 1 aliphatic heterocycles. The van der Waals surface area contributed by atoms with Crippen molar-refractivity contribution in [3.63, 3.8) is 0 Å². The number of ether oxygens (including phenoxy) is 1. The number of pyridine rings is 1. The van der Waals surface area contributed by atoms with Gasteiger partial charge in [-0.05, 0) is 48.6 Å². The van der Waals surface area contributed by atoms with Crippen LogP contribution in [0.2, 0.25) is 0 Å². The predicted octanol–water partition coefficient (Wildman–Crippen LogP) is 5.37. The van der Waals surface area contributed by atoms with E-state index in [1.165, 1.54) is 18.0 Å². The van der Waals surface area contributed by atoms with Crippen molar-refractivity contribution in [2.24, 2.45) is 5.92 Å². The summed E-state index contributed by atoms with van der Waals surface area (Å²) < 4.78 is 33.6. The first-order chi connectivity index (χ1) is 14.9. The molecule has 2 aromatic heterocycles. The van der Waals surface area contributed by atoms with E-state index >= 15 is 0 Å². The number of fused-ring (bicyclic) bond motifs is 3. The van der Waals surface area contributed by atoms with E-state index in [1.807, 2.05) is 12.1 Å². The molecule has 1 saturated heterocycles. The molecule has 0 spiro atoms. The normalized spacial score (nSPS) is 16.7. The molecule has 0 bridgehead atoms. The number of benzene rings is 2.